The summed E-state index contributed by atoms with van der Waals surface area (Å²) in [7, 11) is 0. The fourth-order valence-corrected chi connectivity index (χ4v) is 2.84. The van der Waals surface area contributed by atoms with Crippen molar-refractivity contribution in [2.24, 2.45) is 0 Å². The maximum atomic E-state index is 12.1. The van der Waals surface area contributed by atoms with E-state index in [2.05, 4.69) is 15.3 Å². The molecule has 0 unspecified atom stereocenters. The number of hydrogen-bond acceptors (Lipinski definition) is 4. The third-order valence-corrected chi connectivity index (χ3v) is 3.96. The summed E-state index contributed by atoms with van der Waals surface area (Å²) < 4.78 is 10.8. The van der Waals surface area contributed by atoms with Gasteiger partial charge < -0.3 is 19.5 Å². The Morgan fingerprint density at radius 2 is 2.35 bits per heavy atom. The van der Waals surface area contributed by atoms with Crippen molar-refractivity contribution in [1.82, 2.24) is 9.97 Å². The normalized spacial score (nSPS) is 17.7. The Morgan fingerprint density at radius 1 is 1.39 bits per heavy atom. The number of ether oxygens (including phenoxy) is 1. The first-order chi connectivity index (χ1) is 11.3. The van der Waals surface area contributed by atoms with Crippen LogP contribution in [0.3, 0.4) is 0 Å². The van der Waals surface area contributed by atoms with Crippen LogP contribution < -0.4 is 5.32 Å². The third kappa shape index (κ3) is 2.98. The lowest BCUT2D eigenvalue weighted by Gasteiger charge is -2.09. The molecular weight excluding hydrogens is 294 g/mol. The van der Waals surface area contributed by atoms with Crippen molar-refractivity contribution in [1.29, 1.82) is 0 Å². The molecule has 1 aromatic carbocycles. The van der Waals surface area contributed by atoms with Crippen LogP contribution in [0.1, 0.15) is 19.3 Å². The van der Waals surface area contributed by atoms with Crippen LogP contribution in [-0.4, -0.2) is 28.6 Å². The molecule has 1 saturated heterocycles. The fraction of sp³-hybridized carbons (Fsp3) is 0.294. The highest BCUT2D eigenvalue weighted by molar-refractivity contribution is 5.93. The molecule has 0 spiro atoms. The summed E-state index contributed by atoms with van der Waals surface area (Å²) in [6, 6.07) is 9.27. The number of anilines is 1. The average molecular weight is 311 g/mol. The van der Waals surface area contributed by atoms with Crippen molar-refractivity contribution in [3.63, 3.8) is 0 Å². The van der Waals surface area contributed by atoms with E-state index in [4.69, 9.17) is 9.15 Å². The third-order valence-electron chi connectivity index (χ3n) is 3.96. The molecule has 0 saturated carbocycles. The molecule has 6 nitrogen and oxygen atoms in total. The number of imidazole rings is 1. The summed E-state index contributed by atoms with van der Waals surface area (Å²) in [5.41, 5.74) is 2.43. The lowest BCUT2D eigenvalue weighted by atomic mass is 10.1. The Hall–Kier alpha value is -2.60. The number of rotatable bonds is 4. The monoisotopic (exact) mass is 311 g/mol. The molecule has 1 aliphatic rings. The number of hydrogen-bond donors (Lipinski definition) is 2. The fourth-order valence-electron chi connectivity index (χ4n) is 2.84. The molecule has 1 amide bonds. The highest BCUT2D eigenvalue weighted by Crippen LogP contribution is 2.23. The second kappa shape index (κ2) is 5.89. The van der Waals surface area contributed by atoms with Crippen LogP contribution in [-0.2, 0) is 9.53 Å². The molecule has 3 heterocycles. The SMILES string of the molecule is O=C(C[C@H]1CCCO1)Nc1ccc2nc(-c3ccco3)[nH]c2c1. The van der Waals surface area contributed by atoms with E-state index in [9.17, 15) is 4.79 Å². The van der Waals surface area contributed by atoms with E-state index in [0.717, 1.165) is 36.2 Å². The van der Waals surface area contributed by atoms with Gasteiger partial charge in [-0.2, -0.15) is 0 Å². The molecule has 118 valence electrons. The van der Waals surface area contributed by atoms with E-state index in [1.807, 2.05) is 30.3 Å². The summed E-state index contributed by atoms with van der Waals surface area (Å²) in [6.45, 7) is 0.758. The number of fused-ring (bicyclic) bond motifs is 1. The summed E-state index contributed by atoms with van der Waals surface area (Å²) >= 11 is 0. The second-order valence-electron chi connectivity index (χ2n) is 5.68. The number of nitrogens with one attached hydrogen (secondary N) is 2. The van der Waals surface area contributed by atoms with Crippen LogP contribution in [0.4, 0.5) is 5.69 Å². The lowest BCUT2D eigenvalue weighted by molar-refractivity contribution is -0.118. The average Bonchev–Trinajstić information content (AvgIpc) is 3.27. The van der Waals surface area contributed by atoms with E-state index < -0.39 is 0 Å². The largest absolute Gasteiger partial charge is 0.461 e. The van der Waals surface area contributed by atoms with E-state index in [1.165, 1.54) is 0 Å². The van der Waals surface area contributed by atoms with E-state index in [0.29, 0.717) is 18.0 Å². The highest BCUT2D eigenvalue weighted by atomic mass is 16.5. The molecule has 1 fully saturated rings. The molecule has 4 rings (SSSR count). The molecular formula is C17H17N3O3. The zero-order valence-electron chi connectivity index (χ0n) is 12.5. The van der Waals surface area contributed by atoms with Crippen LogP contribution >= 0.6 is 0 Å². The van der Waals surface area contributed by atoms with Crippen LogP contribution in [0.5, 0.6) is 0 Å². The van der Waals surface area contributed by atoms with Gasteiger partial charge in [0.05, 0.1) is 29.8 Å². The summed E-state index contributed by atoms with van der Waals surface area (Å²) in [5.74, 6) is 1.33. The zero-order chi connectivity index (χ0) is 15.6. The number of aromatic nitrogens is 2. The smallest absolute Gasteiger partial charge is 0.226 e. The minimum Gasteiger partial charge on any atom is -0.461 e. The van der Waals surface area contributed by atoms with E-state index in [-0.39, 0.29) is 12.0 Å². The van der Waals surface area contributed by atoms with E-state index >= 15 is 0 Å². The summed E-state index contributed by atoms with van der Waals surface area (Å²) in [6.07, 6.45) is 4.06. The number of nitrogens with zero attached hydrogens (tertiary/aromatic N) is 1. The maximum Gasteiger partial charge on any atom is 0.226 e. The van der Waals surface area contributed by atoms with Gasteiger partial charge in [-0.25, -0.2) is 4.98 Å². The number of carbonyl (C=O) groups is 1. The van der Waals surface area contributed by atoms with Gasteiger partial charge in [0.15, 0.2) is 11.6 Å². The van der Waals surface area contributed by atoms with Gasteiger partial charge in [-0.15, -0.1) is 0 Å². The molecule has 3 aromatic rings. The van der Waals surface area contributed by atoms with Crippen LogP contribution in [0.25, 0.3) is 22.6 Å². The van der Waals surface area contributed by atoms with Gasteiger partial charge in [0, 0.05) is 12.3 Å². The number of furan rings is 1. The van der Waals surface area contributed by atoms with Crippen molar-refractivity contribution < 1.29 is 13.9 Å². The Morgan fingerprint density at radius 3 is 3.13 bits per heavy atom. The van der Waals surface area contributed by atoms with Crippen molar-refractivity contribution >= 4 is 22.6 Å². The van der Waals surface area contributed by atoms with Gasteiger partial charge in [-0.05, 0) is 43.2 Å². The van der Waals surface area contributed by atoms with Crippen molar-refractivity contribution in [2.75, 3.05) is 11.9 Å². The number of benzene rings is 1. The highest BCUT2D eigenvalue weighted by Gasteiger charge is 2.19. The van der Waals surface area contributed by atoms with Crippen LogP contribution in [0.15, 0.2) is 41.0 Å². The molecule has 1 atom stereocenters. The first kappa shape index (κ1) is 14.0. The number of H-pyrrole nitrogens is 1. The van der Waals surface area contributed by atoms with Gasteiger partial charge in [0.1, 0.15) is 0 Å². The van der Waals surface area contributed by atoms with Gasteiger partial charge in [-0.3, -0.25) is 4.79 Å². The number of aromatic amines is 1. The Balaban J connectivity index is 1.50. The predicted octanol–water partition coefficient (Wildman–Crippen LogP) is 3.33. The second-order valence-corrected chi connectivity index (χ2v) is 5.68. The molecule has 0 bridgehead atoms. The van der Waals surface area contributed by atoms with Gasteiger partial charge in [-0.1, -0.05) is 0 Å². The van der Waals surface area contributed by atoms with Gasteiger partial charge >= 0.3 is 0 Å². The first-order valence-electron chi connectivity index (χ1n) is 7.73. The zero-order valence-corrected chi connectivity index (χ0v) is 12.5. The molecule has 6 heteroatoms. The first-order valence-corrected chi connectivity index (χ1v) is 7.73. The standard InChI is InChI=1S/C17H17N3O3/c21-16(10-12-3-1-7-22-12)18-11-5-6-13-14(9-11)20-17(19-13)15-4-2-8-23-15/h2,4-6,8-9,12H,1,3,7,10H2,(H,18,21)(H,19,20)/t12-/m1/s1. The summed E-state index contributed by atoms with van der Waals surface area (Å²) in [5, 5.41) is 2.91. The van der Waals surface area contributed by atoms with Crippen LogP contribution in [0, 0.1) is 0 Å². The molecule has 0 radical (unpaired) electrons. The number of amides is 1. The van der Waals surface area contributed by atoms with Crippen molar-refractivity contribution in [2.45, 2.75) is 25.4 Å². The number of carbonyl (C=O) groups excluding carboxylic acids is 1. The Labute approximate surface area is 132 Å². The Kier molecular flexibility index (Phi) is 3.59. The van der Waals surface area contributed by atoms with Crippen molar-refractivity contribution in [3.8, 4) is 11.6 Å². The molecule has 2 aromatic heterocycles. The summed E-state index contributed by atoms with van der Waals surface area (Å²) in [4.78, 5) is 19.7. The van der Waals surface area contributed by atoms with E-state index in [1.54, 1.807) is 6.26 Å². The lowest BCUT2D eigenvalue weighted by Crippen LogP contribution is -2.19. The quantitative estimate of drug-likeness (QED) is 0.774. The molecule has 0 aliphatic carbocycles. The maximum absolute atomic E-state index is 12.1. The minimum absolute atomic E-state index is 0.0259. The topological polar surface area (TPSA) is 80.2 Å². The Bertz CT molecular complexity index is 817. The molecule has 2 N–H and O–H groups in total. The van der Waals surface area contributed by atoms with Crippen LogP contribution in [0.2, 0.25) is 0 Å². The van der Waals surface area contributed by atoms with Crippen molar-refractivity contribution in [3.05, 3.63) is 36.6 Å². The minimum atomic E-state index is -0.0259. The van der Waals surface area contributed by atoms with Gasteiger partial charge in [0.25, 0.3) is 0 Å². The molecule has 23 heavy (non-hydrogen) atoms. The van der Waals surface area contributed by atoms with Gasteiger partial charge in [0.2, 0.25) is 5.91 Å². The predicted molar refractivity (Wildman–Crippen MR) is 86.0 cm³/mol. The molecule has 1 aliphatic heterocycles.